The molecule has 1 unspecified atom stereocenters. The molecule has 1 aliphatic heterocycles. The Morgan fingerprint density at radius 2 is 1.90 bits per heavy atom. The van der Waals surface area contributed by atoms with Gasteiger partial charge in [0, 0.05) is 17.5 Å². The lowest BCUT2D eigenvalue weighted by Gasteiger charge is -2.30. The monoisotopic (exact) mass is 424 g/mol. The van der Waals surface area contributed by atoms with Crippen LogP contribution in [0.2, 0.25) is 0 Å². The van der Waals surface area contributed by atoms with Crippen molar-refractivity contribution in [1.82, 2.24) is 15.2 Å². The zero-order valence-electron chi connectivity index (χ0n) is 16.7. The third-order valence-electron chi connectivity index (χ3n) is 4.67. The highest BCUT2D eigenvalue weighted by molar-refractivity contribution is 7.99. The van der Waals surface area contributed by atoms with Gasteiger partial charge in [-0.15, -0.1) is 10.2 Å². The average Bonchev–Trinajstić information content (AvgIpc) is 2.89. The molecule has 1 aliphatic rings. The topological polar surface area (TPSA) is 68.2 Å². The van der Waals surface area contributed by atoms with Gasteiger partial charge in [-0.25, -0.2) is 4.39 Å². The van der Waals surface area contributed by atoms with Gasteiger partial charge in [-0.1, -0.05) is 55.9 Å². The first-order valence-electron chi connectivity index (χ1n) is 9.83. The van der Waals surface area contributed by atoms with Crippen molar-refractivity contribution in [2.24, 2.45) is 0 Å². The van der Waals surface area contributed by atoms with E-state index in [9.17, 15) is 9.18 Å². The van der Waals surface area contributed by atoms with Gasteiger partial charge in [0.15, 0.2) is 5.69 Å². The number of para-hydroxylation sites is 1. The summed E-state index contributed by atoms with van der Waals surface area (Å²) in [5, 5.41) is 9.07. The number of hydrogen-bond donors (Lipinski definition) is 0. The first-order chi connectivity index (χ1) is 14.6. The van der Waals surface area contributed by atoms with E-state index in [4.69, 9.17) is 4.74 Å². The van der Waals surface area contributed by atoms with E-state index in [1.54, 1.807) is 17.0 Å². The smallest absolute Gasteiger partial charge is 0.247 e. The van der Waals surface area contributed by atoms with Gasteiger partial charge in [-0.05, 0) is 30.4 Å². The number of benzene rings is 2. The Morgan fingerprint density at radius 1 is 1.13 bits per heavy atom. The number of thioether (sulfide) groups is 1. The van der Waals surface area contributed by atoms with Crippen molar-refractivity contribution in [2.75, 3.05) is 10.7 Å². The molecule has 4 rings (SSSR count). The van der Waals surface area contributed by atoms with Crippen molar-refractivity contribution >= 4 is 23.4 Å². The minimum atomic E-state index is -0.803. The molecule has 6 nitrogen and oxygen atoms in total. The number of anilines is 1. The Bertz CT molecular complexity index is 1060. The molecule has 1 aromatic heterocycles. The maximum atomic E-state index is 13.6. The van der Waals surface area contributed by atoms with Crippen LogP contribution < -0.4 is 9.64 Å². The van der Waals surface area contributed by atoms with Gasteiger partial charge in [0.2, 0.25) is 23.2 Å². The third kappa shape index (κ3) is 3.87. The molecule has 8 heteroatoms. The molecule has 0 radical (unpaired) electrons. The largest absolute Gasteiger partial charge is 0.447 e. The highest BCUT2D eigenvalue weighted by Gasteiger charge is 2.35. The summed E-state index contributed by atoms with van der Waals surface area (Å²) >= 11 is 1.46. The molecule has 2 aromatic carbocycles. The van der Waals surface area contributed by atoms with Crippen LogP contribution in [0, 0.1) is 5.82 Å². The van der Waals surface area contributed by atoms with Crippen LogP contribution in [0.25, 0.3) is 11.3 Å². The SMILES string of the molecule is CCCC(=O)N1c2ccccc2-c2nnc(SCC)nc2OC1c1ccc(F)cc1. The maximum absolute atomic E-state index is 13.6. The lowest BCUT2D eigenvalue weighted by atomic mass is 10.1. The molecule has 0 spiro atoms. The predicted molar refractivity (Wildman–Crippen MR) is 114 cm³/mol. The lowest BCUT2D eigenvalue weighted by Crippen LogP contribution is -2.37. The number of amides is 1. The molecule has 30 heavy (non-hydrogen) atoms. The summed E-state index contributed by atoms with van der Waals surface area (Å²) in [4.78, 5) is 19.4. The number of fused-ring (bicyclic) bond motifs is 3. The van der Waals surface area contributed by atoms with Crippen LogP contribution in [0.3, 0.4) is 0 Å². The molecule has 0 bridgehead atoms. The number of rotatable bonds is 5. The first kappa shape index (κ1) is 20.3. The third-order valence-corrected chi connectivity index (χ3v) is 5.39. The fourth-order valence-electron chi connectivity index (χ4n) is 3.35. The number of carbonyl (C=O) groups excluding carboxylic acids is 1. The number of aromatic nitrogens is 3. The summed E-state index contributed by atoms with van der Waals surface area (Å²) in [6.45, 7) is 3.95. The Kier molecular flexibility index (Phi) is 5.94. The first-order valence-corrected chi connectivity index (χ1v) is 10.8. The van der Waals surface area contributed by atoms with E-state index in [0.717, 1.165) is 11.3 Å². The minimum Gasteiger partial charge on any atom is -0.447 e. The summed E-state index contributed by atoms with van der Waals surface area (Å²) in [7, 11) is 0. The van der Waals surface area contributed by atoms with Crippen LogP contribution >= 0.6 is 11.8 Å². The van der Waals surface area contributed by atoms with Crippen LogP contribution in [0.1, 0.15) is 38.5 Å². The number of halogens is 1. The van der Waals surface area contributed by atoms with E-state index in [2.05, 4.69) is 15.2 Å². The summed E-state index contributed by atoms with van der Waals surface area (Å²) in [5.74, 6) is 0.641. The van der Waals surface area contributed by atoms with Gasteiger partial charge in [-0.2, -0.15) is 4.98 Å². The summed E-state index contributed by atoms with van der Waals surface area (Å²) in [5.41, 5.74) is 2.50. The van der Waals surface area contributed by atoms with Gasteiger partial charge in [-0.3, -0.25) is 9.69 Å². The van der Waals surface area contributed by atoms with Gasteiger partial charge in [0.25, 0.3) is 0 Å². The van der Waals surface area contributed by atoms with Crippen molar-refractivity contribution < 1.29 is 13.9 Å². The van der Waals surface area contributed by atoms with Crippen molar-refractivity contribution in [1.29, 1.82) is 0 Å². The van der Waals surface area contributed by atoms with Gasteiger partial charge >= 0.3 is 0 Å². The van der Waals surface area contributed by atoms with Gasteiger partial charge < -0.3 is 4.74 Å². The molecule has 0 fully saturated rings. The molecule has 0 saturated heterocycles. The maximum Gasteiger partial charge on any atom is 0.247 e. The average molecular weight is 425 g/mol. The minimum absolute atomic E-state index is 0.0943. The van der Waals surface area contributed by atoms with Crippen molar-refractivity contribution in [3.05, 3.63) is 59.9 Å². The number of hydrogen-bond acceptors (Lipinski definition) is 6. The van der Waals surface area contributed by atoms with Crippen molar-refractivity contribution in [3.63, 3.8) is 0 Å². The summed E-state index contributed by atoms with van der Waals surface area (Å²) in [6.07, 6.45) is 0.237. The number of carbonyl (C=O) groups is 1. The van der Waals surface area contributed by atoms with E-state index in [-0.39, 0.29) is 11.7 Å². The second-order valence-corrected chi connectivity index (χ2v) is 7.96. The zero-order valence-corrected chi connectivity index (χ0v) is 17.5. The molecular weight excluding hydrogens is 403 g/mol. The van der Waals surface area contributed by atoms with Crippen LogP contribution in [0.5, 0.6) is 5.88 Å². The molecule has 0 aliphatic carbocycles. The Hall–Kier alpha value is -3.00. The summed E-state index contributed by atoms with van der Waals surface area (Å²) < 4.78 is 19.9. The van der Waals surface area contributed by atoms with Crippen LogP contribution in [-0.4, -0.2) is 26.8 Å². The Morgan fingerprint density at radius 3 is 2.63 bits per heavy atom. The van der Waals surface area contributed by atoms with E-state index >= 15 is 0 Å². The molecule has 0 saturated carbocycles. The van der Waals surface area contributed by atoms with Crippen LogP contribution in [-0.2, 0) is 4.79 Å². The molecular formula is C22H21FN4O2S. The van der Waals surface area contributed by atoms with E-state index in [0.29, 0.717) is 40.8 Å². The van der Waals surface area contributed by atoms with Gasteiger partial charge in [0.1, 0.15) is 5.82 Å². The Balaban J connectivity index is 1.92. The quantitative estimate of drug-likeness (QED) is 0.536. The normalized spacial score (nSPS) is 15.0. The summed E-state index contributed by atoms with van der Waals surface area (Å²) in [6, 6.07) is 13.4. The fourth-order valence-corrected chi connectivity index (χ4v) is 3.86. The van der Waals surface area contributed by atoms with Gasteiger partial charge in [0.05, 0.1) is 5.69 Å². The standard InChI is InChI=1S/C22H21FN4O2S/c1-3-7-18(28)27-17-9-6-5-8-16(17)19-20(24-22(26-25-19)30-4-2)29-21(27)14-10-12-15(23)13-11-14/h5-6,8-13,21H,3-4,7H2,1-2H3. The molecule has 0 N–H and O–H groups in total. The second-order valence-electron chi connectivity index (χ2n) is 6.73. The molecule has 3 aromatic rings. The van der Waals surface area contributed by atoms with E-state index in [1.807, 2.05) is 38.1 Å². The van der Waals surface area contributed by atoms with Crippen molar-refractivity contribution in [2.45, 2.75) is 38.1 Å². The molecule has 154 valence electrons. The molecule has 1 amide bonds. The predicted octanol–water partition coefficient (Wildman–Crippen LogP) is 5.01. The fraction of sp³-hybridized carbons (Fsp3) is 0.273. The molecule has 1 atom stereocenters. The number of ether oxygens (including phenoxy) is 1. The van der Waals surface area contributed by atoms with E-state index < -0.39 is 6.23 Å². The lowest BCUT2D eigenvalue weighted by molar-refractivity contribution is -0.120. The highest BCUT2D eigenvalue weighted by Crippen LogP contribution is 2.43. The molecule has 2 heterocycles. The zero-order chi connectivity index (χ0) is 21.1. The second kappa shape index (κ2) is 8.79. The van der Waals surface area contributed by atoms with Crippen LogP contribution in [0.15, 0.2) is 53.7 Å². The van der Waals surface area contributed by atoms with Crippen molar-refractivity contribution in [3.8, 4) is 17.1 Å². The Labute approximate surface area is 178 Å². The highest BCUT2D eigenvalue weighted by atomic mass is 32.2. The number of nitrogens with zero attached hydrogens (tertiary/aromatic N) is 4. The van der Waals surface area contributed by atoms with E-state index in [1.165, 1.54) is 23.9 Å². The van der Waals surface area contributed by atoms with Crippen LogP contribution in [0.4, 0.5) is 10.1 Å².